The Morgan fingerprint density at radius 2 is 2.35 bits per heavy atom. The Bertz CT molecular complexity index is 510. The van der Waals surface area contributed by atoms with Crippen molar-refractivity contribution in [1.29, 1.82) is 0 Å². The highest BCUT2D eigenvalue weighted by atomic mass is 79.9. The zero-order valence-corrected chi connectivity index (χ0v) is 10.8. The first-order valence-corrected chi connectivity index (χ1v) is 5.85. The first-order valence-electron chi connectivity index (χ1n) is 5.06. The Morgan fingerprint density at radius 3 is 2.94 bits per heavy atom. The largest absolute Gasteiger partial charge is 0.457 e. The number of furan rings is 1. The van der Waals surface area contributed by atoms with E-state index in [-0.39, 0.29) is 5.91 Å². The minimum absolute atomic E-state index is 0.0884. The number of carbonyl (C=O) groups is 1. The molecule has 2 heterocycles. The van der Waals surface area contributed by atoms with Gasteiger partial charge in [0.05, 0.1) is 11.8 Å². The number of halogens is 1. The summed E-state index contributed by atoms with van der Waals surface area (Å²) in [4.78, 5) is 17.7. The van der Waals surface area contributed by atoms with E-state index in [0.717, 1.165) is 5.56 Å². The monoisotopic (exact) mass is 294 g/mol. The molecule has 0 saturated heterocycles. The summed E-state index contributed by atoms with van der Waals surface area (Å²) in [6, 6.07) is 5.43. The van der Waals surface area contributed by atoms with E-state index in [1.165, 1.54) is 6.26 Å². The summed E-state index contributed by atoms with van der Waals surface area (Å²) < 4.78 is 5.50. The van der Waals surface area contributed by atoms with Crippen molar-refractivity contribution in [3.05, 3.63) is 52.7 Å². The van der Waals surface area contributed by atoms with Gasteiger partial charge in [0.25, 0.3) is 5.91 Å². The lowest BCUT2D eigenvalue weighted by atomic mass is 10.2. The van der Waals surface area contributed by atoms with Gasteiger partial charge in [-0.3, -0.25) is 9.78 Å². The molecular weight excluding hydrogens is 284 g/mol. The Balaban J connectivity index is 2.09. The predicted octanol–water partition coefficient (Wildman–Crippen LogP) is 2.71. The van der Waals surface area contributed by atoms with Gasteiger partial charge in [0.1, 0.15) is 0 Å². The van der Waals surface area contributed by atoms with Crippen LogP contribution in [0.1, 0.15) is 15.9 Å². The van der Waals surface area contributed by atoms with E-state index in [4.69, 9.17) is 4.42 Å². The number of rotatable bonds is 3. The molecule has 0 bridgehead atoms. The van der Waals surface area contributed by atoms with E-state index < -0.39 is 0 Å². The van der Waals surface area contributed by atoms with Gasteiger partial charge in [0.15, 0.2) is 4.67 Å². The van der Waals surface area contributed by atoms with E-state index in [1.807, 2.05) is 12.1 Å². The molecule has 0 radical (unpaired) electrons. The second kappa shape index (κ2) is 5.14. The molecule has 5 heteroatoms. The Kier molecular flexibility index (Phi) is 3.58. The average Bonchev–Trinajstić information content (AvgIpc) is 2.76. The summed E-state index contributed by atoms with van der Waals surface area (Å²) in [5.41, 5.74) is 1.51. The van der Waals surface area contributed by atoms with Gasteiger partial charge in [-0.1, -0.05) is 6.07 Å². The fraction of sp³-hybridized carbons (Fsp3) is 0.167. The number of nitrogens with zero attached hydrogens (tertiary/aromatic N) is 2. The van der Waals surface area contributed by atoms with Crippen molar-refractivity contribution >= 4 is 21.8 Å². The summed E-state index contributed by atoms with van der Waals surface area (Å²) in [5.74, 6) is -0.0884. The minimum atomic E-state index is -0.0884. The molecule has 1 amide bonds. The third kappa shape index (κ3) is 2.74. The van der Waals surface area contributed by atoms with Crippen LogP contribution in [0.4, 0.5) is 0 Å². The standard InChI is InChI=1S/C12H11BrN2O2/c1-15(8-9-3-2-5-14-7-9)12(16)10-4-6-17-11(10)13/h2-7H,8H2,1H3. The smallest absolute Gasteiger partial charge is 0.258 e. The van der Waals surface area contributed by atoms with Crippen LogP contribution in [0, 0.1) is 0 Å². The van der Waals surface area contributed by atoms with Crippen molar-refractivity contribution in [3.63, 3.8) is 0 Å². The molecule has 88 valence electrons. The molecular formula is C12H11BrN2O2. The maximum Gasteiger partial charge on any atom is 0.258 e. The SMILES string of the molecule is CN(Cc1cccnc1)C(=O)c1ccoc1Br. The molecule has 0 unspecified atom stereocenters. The lowest BCUT2D eigenvalue weighted by molar-refractivity contribution is 0.0783. The second-order valence-electron chi connectivity index (χ2n) is 3.63. The topological polar surface area (TPSA) is 46.3 Å². The van der Waals surface area contributed by atoms with Crippen molar-refractivity contribution < 1.29 is 9.21 Å². The Morgan fingerprint density at radius 1 is 1.53 bits per heavy atom. The maximum absolute atomic E-state index is 12.0. The van der Waals surface area contributed by atoms with Gasteiger partial charge in [-0.15, -0.1) is 0 Å². The van der Waals surface area contributed by atoms with Crippen LogP contribution in [0.5, 0.6) is 0 Å². The number of hydrogen-bond acceptors (Lipinski definition) is 3. The van der Waals surface area contributed by atoms with Gasteiger partial charge in [0.2, 0.25) is 0 Å². The Hall–Kier alpha value is -1.62. The number of aromatic nitrogens is 1. The molecule has 4 nitrogen and oxygen atoms in total. The maximum atomic E-state index is 12.0. The first kappa shape index (κ1) is 11.9. The minimum Gasteiger partial charge on any atom is -0.457 e. The molecule has 0 saturated carbocycles. The summed E-state index contributed by atoms with van der Waals surface area (Å²) in [6.07, 6.45) is 4.93. The molecule has 2 rings (SSSR count). The summed E-state index contributed by atoms with van der Waals surface area (Å²) in [6.45, 7) is 0.518. The fourth-order valence-electron chi connectivity index (χ4n) is 1.49. The van der Waals surface area contributed by atoms with Gasteiger partial charge >= 0.3 is 0 Å². The van der Waals surface area contributed by atoms with Crippen molar-refractivity contribution in [2.24, 2.45) is 0 Å². The summed E-state index contributed by atoms with van der Waals surface area (Å²) in [5, 5.41) is 0. The molecule has 0 atom stereocenters. The summed E-state index contributed by atoms with van der Waals surface area (Å²) >= 11 is 3.19. The normalized spacial score (nSPS) is 10.2. The number of amides is 1. The predicted molar refractivity (Wildman–Crippen MR) is 66.4 cm³/mol. The van der Waals surface area contributed by atoms with Crippen LogP contribution in [-0.4, -0.2) is 22.8 Å². The molecule has 0 fully saturated rings. The van der Waals surface area contributed by atoms with Crippen LogP contribution in [0.3, 0.4) is 0 Å². The molecule has 0 aromatic carbocycles. The highest BCUT2D eigenvalue weighted by Crippen LogP contribution is 2.19. The van der Waals surface area contributed by atoms with Crippen LogP contribution in [0.25, 0.3) is 0 Å². The highest BCUT2D eigenvalue weighted by Gasteiger charge is 2.17. The first-order chi connectivity index (χ1) is 8.18. The number of carbonyl (C=O) groups excluding carboxylic acids is 1. The number of hydrogen-bond donors (Lipinski definition) is 0. The molecule has 2 aromatic heterocycles. The fourth-order valence-corrected chi connectivity index (χ4v) is 1.90. The molecule has 0 aliphatic carbocycles. The van der Waals surface area contributed by atoms with Crippen LogP contribution in [-0.2, 0) is 6.54 Å². The van der Waals surface area contributed by atoms with Crippen molar-refractivity contribution in [3.8, 4) is 0 Å². The van der Waals surface area contributed by atoms with E-state index in [2.05, 4.69) is 20.9 Å². The van der Waals surface area contributed by atoms with Crippen LogP contribution >= 0.6 is 15.9 Å². The zero-order valence-electron chi connectivity index (χ0n) is 9.26. The third-order valence-corrected chi connectivity index (χ3v) is 2.95. The summed E-state index contributed by atoms with van der Waals surface area (Å²) in [7, 11) is 1.74. The highest BCUT2D eigenvalue weighted by molar-refractivity contribution is 9.10. The van der Waals surface area contributed by atoms with E-state index >= 15 is 0 Å². The third-order valence-electron chi connectivity index (χ3n) is 2.34. The molecule has 17 heavy (non-hydrogen) atoms. The zero-order chi connectivity index (χ0) is 12.3. The van der Waals surface area contributed by atoms with Crippen LogP contribution < -0.4 is 0 Å². The van der Waals surface area contributed by atoms with Crippen LogP contribution in [0.2, 0.25) is 0 Å². The van der Waals surface area contributed by atoms with Gasteiger partial charge in [0, 0.05) is 26.0 Å². The average molecular weight is 295 g/mol. The molecule has 0 aliphatic rings. The lowest BCUT2D eigenvalue weighted by Gasteiger charge is -2.16. The van der Waals surface area contributed by atoms with Crippen molar-refractivity contribution in [2.45, 2.75) is 6.54 Å². The van der Waals surface area contributed by atoms with E-state index in [1.54, 1.807) is 30.4 Å². The number of pyridine rings is 1. The molecule has 2 aromatic rings. The van der Waals surface area contributed by atoms with Gasteiger partial charge in [-0.25, -0.2) is 0 Å². The van der Waals surface area contributed by atoms with Gasteiger partial charge < -0.3 is 9.32 Å². The Labute approximate surface area is 107 Å². The van der Waals surface area contributed by atoms with Gasteiger partial charge in [-0.05, 0) is 33.6 Å². The van der Waals surface area contributed by atoms with Crippen molar-refractivity contribution in [1.82, 2.24) is 9.88 Å². The quantitative estimate of drug-likeness (QED) is 0.874. The van der Waals surface area contributed by atoms with Crippen molar-refractivity contribution in [2.75, 3.05) is 7.05 Å². The second-order valence-corrected chi connectivity index (χ2v) is 4.35. The van der Waals surface area contributed by atoms with Gasteiger partial charge in [-0.2, -0.15) is 0 Å². The molecule has 0 N–H and O–H groups in total. The van der Waals surface area contributed by atoms with Crippen LogP contribution in [0.15, 0.2) is 45.9 Å². The van der Waals surface area contributed by atoms with E-state index in [0.29, 0.717) is 16.8 Å². The lowest BCUT2D eigenvalue weighted by Crippen LogP contribution is -2.26. The molecule has 0 spiro atoms. The molecule has 0 aliphatic heterocycles. The van der Waals surface area contributed by atoms with E-state index in [9.17, 15) is 4.79 Å².